The highest BCUT2D eigenvalue weighted by molar-refractivity contribution is 5.00. The molecular weight excluding hydrogens is 194 g/mol. The van der Waals surface area contributed by atoms with Crippen LogP contribution in [0.4, 0.5) is 0 Å². The molecular formula is C15H29N. The summed E-state index contributed by atoms with van der Waals surface area (Å²) in [6.45, 7) is 14.6. The van der Waals surface area contributed by atoms with Crippen LogP contribution in [0.5, 0.6) is 0 Å². The van der Waals surface area contributed by atoms with Crippen molar-refractivity contribution in [3.05, 3.63) is 0 Å². The van der Waals surface area contributed by atoms with Gasteiger partial charge in [0.05, 0.1) is 0 Å². The Balaban J connectivity index is 2.09. The molecule has 0 aromatic rings. The van der Waals surface area contributed by atoms with Crippen LogP contribution in [-0.4, -0.2) is 23.5 Å². The summed E-state index contributed by atoms with van der Waals surface area (Å²) in [6, 6.07) is 0. The van der Waals surface area contributed by atoms with Gasteiger partial charge in [0.15, 0.2) is 0 Å². The average Bonchev–Trinajstić information content (AvgIpc) is 2.12. The summed E-state index contributed by atoms with van der Waals surface area (Å²) in [7, 11) is 0. The van der Waals surface area contributed by atoms with Gasteiger partial charge < -0.3 is 0 Å². The molecule has 1 heterocycles. The van der Waals surface area contributed by atoms with Crippen molar-refractivity contribution >= 4 is 0 Å². The van der Waals surface area contributed by atoms with Crippen LogP contribution in [0.1, 0.15) is 60.3 Å². The van der Waals surface area contributed by atoms with E-state index in [1.165, 1.54) is 38.8 Å². The van der Waals surface area contributed by atoms with Gasteiger partial charge in [-0.15, -0.1) is 0 Å². The first kappa shape index (κ1) is 12.4. The van der Waals surface area contributed by atoms with Crippen LogP contribution in [0.25, 0.3) is 0 Å². The summed E-state index contributed by atoms with van der Waals surface area (Å²) in [5.74, 6) is 1.79. The Labute approximate surface area is 102 Å². The summed E-state index contributed by atoms with van der Waals surface area (Å²) >= 11 is 0. The third-order valence-corrected chi connectivity index (χ3v) is 5.19. The molecule has 1 unspecified atom stereocenters. The highest BCUT2D eigenvalue weighted by Crippen LogP contribution is 2.55. The third-order valence-electron chi connectivity index (χ3n) is 5.19. The van der Waals surface area contributed by atoms with Crippen LogP contribution >= 0.6 is 0 Å². The summed E-state index contributed by atoms with van der Waals surface area (Å²) < 4.78 is 0. The van der Waals surface area contributed by atoms with E-state index in [1.807, 2.05) is 0 Å². The van der Waals surface area contributed by atoms with E-state index in [9.17, 15) is 0 Å². The van der Waals surface area contributed by atoms with Crippen molar-refractivity contribution in [1.29, 1.82) is 0 Å². The molecule has 0 aromatic carbocycles. The monoisotopic (exact) mass is 223 g/mol. The van der Waals surface area contributed by atoms with Gasteiger partial charge in [-0.1, -0.05) is 20.3 Å². The topological polar surface area (TPSA) is 3.24 Å². The Hall–Kier alpha value is -0.0400. The molecule has 1 aliphatic heterocycles. The van der Waals surface area contributed by atoms with E-state index < -0.39 is 0 Å². The second kappa shape index (κ2) is 4.01. The highest BCUT2D eigenvalue weighted by Gasteiger charge is 2.48. The maximum atomic E-state index is 2.71. The van der Waals surface area contributed by atoms with E-state index >= 15 is 0 Å². The van der Waals surface area contributed by atoms with Crippen molar-refractivity contribution in [3.63, 3.8) is 0 Å². The van der Waals surface area contributed by atoms with E-state index in [4.69, 9.17) is 0 Å². The van der Waals surface area contributed by atoms with Crippen molar-refractivity contribution in [2.45, 2.75) is 65.8 Å². The van der Waals surface area contributed by atoms with Gasteiger partial charge in [0.25, 0.3) is 0 Å². The Morgan fingerprint density at radius 3 is 2.12 bits per heavy atom. The molecule has 1 nitrogen and oxygen atoms in total. The molecule has 0 radical (unpaired) electrons. The van der Waals surface area contributed by atoms with Gasteiger partial charge in [-0.3, -0.25) is 4.90 Å². The van der Waals surface area contributed by atoms with Gasteiger partial charge in [0.1, 0.15) is 0 Å². The number of piperidine rings is 1. The van der Waals surface area contributed by atoms with Crippen molar-refractivity contribution in [2.75, 3.05) is 13.1 Å². The fraction of sp³-hybridized carbons (Fsp3) is 1.00. The summed E-state index contributed by atoms with van der Waals surface area (Å²) in [5, 5.41) is 0. The lowest BCUT2D eigenvalue weighted by atomic mass is 9.55. The molecule has 1 aliphatic carbocycles. The number of nitrogens with zero attached hydrogens (tertiary/aromatic N) is 1. The van der Waals surface area contributed by atoms with Crippen molar-refractivity contribution in [1.82, 2.24) is 4.90 Å². The van der Waals surface area contributed by atoms with E-state index in [0.29, 0.717) is 5.54 Å². The molecule has 1 spiro atoms. The minimum absolute atomic E-state index is 0.360. The molecule has 2 aliphatic rings. The normalized spacial score (nSPS) is 30.8. The van der Waals surface area contributed by atoms with Crippen LogP contribution in [-0.2, 0) is 0 Å². The van der Waals surface area contributed by atoms with Crippen LogP contribution in [0.15, 0.2) is 0 Å². The van der Waals surface area contributed by atoms with Gasteiger partial charge in [-0.2, -0.15) is 0 Å². The van der Waals surface area contributed by atoms with Crippen molar-refractivity contribution < 1.29 is 0 Å². The first-order chi connectivity index (χ1) is 7.35. The fourth-order valence-electron chi connectivity index (χ4n) is 3.84. The average molecular weight is 223 g/mol. The number of hydrogen-bond donors (Lipinski definition) is 0. The summed E-state index contributed by atoms with van der Waals surface area (Å²) in [5.41, 5.74) is 1.11. The minimum atomic E-state index is 0.360. The molecule has 2 fully saturated rings. The quantitative estimate of drug-likeness (QED) is 0.651. The fourth-order valence-corrected chi connectivity index (χ4v) is 3.84. The molecule has 0 bridgehead atoms. The van der Waals surface area contributed by atoms with Crippen LogP contribution in [0.2, 0.25) is 0 Å². The van der Waals surface area contributed by atoms with Gasteiger partial charge in [-0.05, 0) is 63.8 Å². The Morgan fingerprint density at radius 2 is 1.75 bits per heavy atom. The van der Waals surface area contributed by atoms with Crippen LogP contribution in [0.3, 0.4) is 0 Å². The van der Waals surface area contributed by atoms with Crippen molar-refractivity contribution in [2.24, 2.45) is 17.3 Å². The highest BCUT2D eigenvalue weighted by atomic mass is 15.2. The zero-order valence-corrected chi connectivity index (χ0v) is 11.8. The zero-order chi connectivity index (χ0) is 12.0. The standard InChI is InChI=1S/C15H29N/c1-12(2)13-11-16(14(3,4)5)10-9-15(13)7-6-8-15/h12-13H,6-11H2,1-5H3. The number of hydrogen-bond acceptors (Lipinski definition) is 1. The molecule has 16 heavy (non-hydrogen) atoms. The lowest BCUT2D eigenvalue weighted by molar-refractivity contribution is -0.0740. The maximum absolute atomic E-state index is 2.71. The molecule has 0 N–H and O–H groups in total. The van der Waals surface area contributed by atoms with Gasteiger partial charge in [0.2, 0.25) is 0 Å². The largest absolute Gasteiger partial charge is 0.298 e. The van der Waals surface area contributed by atoms with Gasteiger partial charge in [0, 0.05) is 12.1 Å². The van der Waals surface area contributed by atoms with Crippen molar-refractivity contribution in [3.8, 4) is 0 Å². The SMILES string of the molecule is CC(C)C1CN(C(C)(C)C)CCC12CCC2. The Kier molecular flexibility index (Phi) is 3.11. The zero-order valence-electron chi connectivity index (χ0n) is 11.8. The van der Waals surface area contributed by atoms with Gasteiger partial charge in [-0.25, -0.2) is 0 Å². The lowest BCUT2D eigenvalue weighted by Gasteiger charge is -2.57. The van der Waals surface area contributed by atoms with E-state index in [1.54, 1.807) is 0 Å². The molecule has 2 rings (SSSR count). The number of rotatable bonds is 1. The predicted octanol–water partition coefficient (Wildman–Crippen LogP) is 3.93. The minimum Gasteiger partial charge on any atom is -0.298 e. The second-order valence-corrected chi connectivity index (χ2v) is 7.43. The Morgan fingerprint density at radius 1 is 1.12 bits per heavy atom. The van der Waals surface area contributed by atoms with Crippen LogP contribution < -0.4 is 0 Å². The molecule has 94 valence electrons. The number of likely N-dealkylation sites (tertiary alicyclic amines) is 1. The van der Waals surface area contributed by atoms with E-state index in [2.05, 4.69) is 39.5 Å². The van der Waals surface area contributed by atoms with E-state index in [-0.39, 0.29) is 0 Å². The maximum Gasteiger partial charge on any atom is 0.0125 e. The lowest BCUT2D eigenvalue weighted by Crippen LogP contribution is -2.57. The van der Waals surface area contributed by atoms with Crippen LogP contribution in [0, 0.1) is 17.3 Å². The van der Waals surface area contributed by atoms with Gasteiger partial charge >= 0.3 is 0 Å². The molecule has 0 amide bonds. The third kappa shape index (κ3) is 2.03. The molecule has 1 saturated heterocycles. The predicted molar refractivity (Wildman–Crippen MR) is 70.6 cm³/mol. The summed E-state index contributed by atoms with van der Waals surface area (Å²) in [4.78, 5) is 2.71. The molecule has 1 saturated carbocycles. The molecule has 1 atom stereocenters. The first-order valence-corrected chi connectivity index (χ1v) is 7.10. The smallest absolute Gasteiger partial charge is 0.0125 e. The van der Waals surface area contributed by atoms with E-state index in [0.717, 1.165) is 17.3 Å². The first-order valence-electron chi connectivity index (χ1n) is 7.10. The Bertz CT molecular complexity index is 245. The second-order valence-electron chi connectivity index (χ2n) is 7.43. The summed E-state index contributed by atoms with van der Waals surface area (Å²) in [6.07, 6.45) is 5.95. The molecule has 0 aromatic heterocycles. The molecule has 1 heteroatoms.